The maximum atomic E-state index is 11.8. The summed E-state index contributed by atoms with van der Waals surface area (Å²) in [6.07, 6.45) is 20.7. The van der Waals surface area contributed by atoms with Crippen molar-refractivity contribution in [2.24, 2.45) is 0 Å². The molecular weight excluding hydrogens is 342 g/mol. The molecule has 27 heavy (non-hydrogen) atoms. The third-order valence-electron chi connectivity index (χ3n) is 4.98. The number of amides is 1. The van der Waals surface area contributed by atoms with Crippen molar-refractivity contribution in [2.75, 3.05) is 19.8 Å². The Morgan fingerprint density at radius 2 is 1.19 bits per heavy atom. The van der Waals surface area contributed by atoms with E-state index in [9.17, 15) is 20.1 Å². The van der Waals surface area contributed by atoms with Crippen molar-refractivity contribution >= 4 is 5.91 Å². The summed E-state index contributed by atoms with van der Waals surface area (Å²) in [7, 11) is 0. The molecule has 160 valence electrons. The zero-order valence-electron chi connectivity index (χ0n) is 17.4. The number of hydrogen-bond acceptors (Lipinski definition) is 4. The van der Waals surface area contributed by atoms with Gasteiger partial charge in [0.2, 0.25) is 5.91 Å². The van der Waals surface area contributed by atoms with E-state index in [0.29, 0.717) is 6.42 Å². The molecule has 0 atom stereocenters. The lowest BCUT2D eigenvalue weighted by molar-refractivity contribution is -0.125. The van der Waals surface area contributed by atoms with Gasteiger partial charge < -0.3 is 20.6 Å². The third kappa shape index (κ3) is 14.8. The van der Waals surface area contributed by atoms with Crippen molar-refractivity contribution in [2.45, 2.75) is 102 Å². The maximum absolute atomic E-state index is 11.8. The van der Waals surface area contributed by atoms with E-state index in [1.165, 1.54) is 57.8 Å². The molecule has 5 nitrogen and oxygen atoms in total. The van der Waals surface area contributed by atoms with Gasteiger partial charge in [0.25, 0.3) is 0 Å². The Balaban J connectivity index is 3.46. The monoisotopic (exact) mass is 385 g/mol. The number of allylic oxidation sites excluding steroid dienone is 2. The number of aliphatic hydroxyl groups is 3. The number of aliphatic hydroxyl groups excluding tert-OH is 3. The maximum Gasteiger partial charge on any atom is 0.220 e. The summed E-state index contributed by atoms with van der Waals surface area (Å²) in [4.78, 5) is 11.8. The summed E-state index contributed by atoms with van der Waals surface area (Å²) in [5, 5.41) is 30.1. The highest BCUT2D eigenvalue weighted by Crippen LogP contribution is 2.10. The quantitative estimate of drug-likeness (QED) is 0.201. The lowest BCUT2D eigenvalue weighted by atomic mass is 10.0. The van der Waals surface area contributed by atoms with Crippen LogP contribution >= 0.6 is 0 Å². The first-order chi connectivity index (χ1) is 13.1. The number of hydrogen-bond donors (Lipinski definition) is 4. The molecule has 0 radical (unpaired) electrons. The number of carbonyl (C=O) groups is 1. The van der Waals surface area contributed by atoms with Crippen molar-refractivity contribution in [3.8, 4) is 0 Å². The van der Waals surface area contributed by atoms with Crippen LogP contribution in [0.25, 0.3) is 0 Å². The van der Waals surface area contributed by atoms with Crippen molar-refractivity contribution in [1.29, 1.82) is 0 Å². The highest BCUT2D eigenvalue weighted by molar-refractivity contribution is 5.76. The predicted octanol–water partition coefficient (Wildman–Crippen LogP) is 3.86. The van der Waals surface area contributed by atoms with Crippen LogP contribution in [0.3, 0.4) is 0 Å². The zero-order chi connectivity index (χ0) is 20.2. The Kier molecular flexibility index (Phi) is 17.8. The minimum absolute atomic E-state index is 0.232. The first-order valence-electron chi connectivity index (χ1n) is 10.9. The van der Waals surface area contributed by atoms with Gasteiger partial charge in [-0.05, 0) is 32.1 Å². The molecule has 0 aromatic carbocycles. The van der Waals surface area contributed by atoms with Crippen molar-refractivity contribution in [3.05, 3.63) is 12.2 Å². The molecule has 4 N–H and O–H groups in total. The number of rotatable bonds is 19. The van der Waals surface area contributed by atoms with Crippen molar-refractivity contribution in [1.82, 2.24) is 5.32 Å². The Bertz CT molecular complexity index is 359. The topological polar surface area (TPSA) is 89.8 Å². The molecule has 0 rings (SSSR count). The first kappa shape index (κ1) is 26.1. The second-order valence-electron chi connectivity index (χ2n) is 7.64. The molecule has 0 spiro atoms. The Morgan fingerprint density at radius 3 is 1.67 bits per heavy atom. The molecule has 1 amide bonds. The van der Waals surface area contributed by atoms with Crippen molar-refractivity contribution < 1.29 is 20.1 Å². The van der Waals surface area contributed by atoms with Gasteiger partial charge in [-0.3, -0.25) is 4.79 Å². The molecule has 0 heterocycles. The number of carbonyl (C=O) groups excluding carboxylic acids is 1. The summed E-state index contributed by atoms with van der Waals surface area (Å²) in [5.74, 6) is -0.232. The van der Waals surface area contributed by atoms with E-state index in [2.05, 4.69) is 24.4 Å². The summed E-state index contributed by atoms with van der Waals surface area (Å²) in [6, 6.07) is 0. The molecule has 0 aromatic rings. The molecular formula is C22H43NO4. The minimum atomic E-state index is -1.31. The summed E-state index contributed by atoms with van der Waals surface area (Å²) in [5.41, 5.74) is -1.31. The average Bonchev–Trinajstić information content (AvgIpc) is 2.69. The smallest absolute Gasteiger partial charge is 0.220 e. The van der Waals surface area contributed by atoms with Gasteiger partial charge in [-0.2, -0.15) is 0 Å². The molecule has 0 fully saturated rings. The van der Waals surface area contributed by atoms with Gasteiger partial charge in [-0.25, -0.2) is 0 Å². The van der Waals surface area contributed by atoms with Crippen molar-refractivity contribution in [3.63, 3.8) is 0 Å². The largest absolute Gasteiger partial charge is 0.394 e. The molecule has 0 aliphatic heterocycles. The Labute approximate surface area is 166 Å². The molecule has 0 saturated heterocycles. The van der Waals surface area contributed by atoms with Crippen LogP contribution in [0.4, 0.5) is 0 Å². The van der Waals surface area contributed by atoms with Crippen LogP contribution in [0.5, 0.6) is 0 Å². The molecule has 0 saturated carbocycles. The SMILES string of the molecule is CCCCCCCC/C=C\CCCCCCCC(=O)NC(CO)(CO)CO. The van der Waals surface area contributed by atoms with Crippen LogP contribution in [0, 0.1) is 0 Å². The standard InChI is InChI=1S/C22H43NO4/c1-2-3-4-5-6-7-8-9-10-11-12-13-14-15-16-17-21(27)23-22(18-24,19-25)20-26/h9-10,24-26H,2-8,11-20H2,1H3,(H,23,27)/b10-9-. The average molecular weight is 386 g/mol. The fraction of sp³-hybridized carbons (Fsp3) is 0.864. The van der Waals surface area contributed by atoms with E-state index in [-0.39, 0.29) is 5.91 Å². The minimum Gasteiger partial charge on any atom is -0.394 e. The van der Waals surface area contributed by atoms with Crippen LogP contribution in [0.15, 0.2) is 12.2 Å². The van der Waals surface area contributed by atoms with Gasteiger partial charge in [0.05, 0.1) is 19.8 Å². The normalized spacial score (nSPS) is 12.0. The van der Waals surface area contributed by atoms with Gasteiger partial charge in [-0.15, -0.1) is 0 Å². The Morgan fingerprint density at radius 1 is 0.741 bits per heavy atom. The Hall–Kier alpha value is -0.910. The van der Waals surface area contributed by atoms with Crippen LogP contribution in [0.1, 0.15) is 96.8 Å². The molecule has 0 aliphatic carbocycles. The van der Waals surface area contributed by atoms with Crippen LogP contribution in [-0.4, -0.2) is 46.6 Å². The first-order valence-corrected chi connectivity index (χ1v) is 10.9. The van der Waals surface area contributed by atoms with Gasteiger partial charge in [0.15, 0.2) is 0 Å². The van der Waals surface area contributed by atoms with Crippen LogP contribution in [0.2, 0.25) is 0 Å². The summed E-state index contributed by atoms with van der Waals surface area (Å²) in [6.45, 7) is 0.827. The summed E-state index contributed by atoms with van der Waals surface area (Å²) < 4.78 is 0. The van der Waals surface area contributed by atoms with Crippen LogP contribution in [-0.2, 0) is 4.79 Å². The predicted molar refractivity (Wildman–Crippen MR) is 112 cm³/mol. The number of nitrogens with one attached hydrogen (secondary N) is 1. The van der Waals surface area contributed by atoms with E-state index < -0.39 is 25.4 Å². The second kappa shape index (κ2) is 18.5. The van der Waals surface area contributed by atoms with Gasteiger partial charge in [0.1, 0.15) is 5.54 Å². The fourth-order valence-corrected chi connectivity index (χ4v) is 2.98. The van der Waals surface area contributed by atoms with E-state index in [1.807, 2.05) is 0 Å². The van der Waals surface area contributed by atoms with E-state index in [1.54, 1.807) is 0 Å². The lowest BCUT2D eigenvalue weighted by Crippen LogP contribution is -2.57. The van der Waals surface area contributed by atoms with E-state index >= 15 is 0 Å². The van der Waals surface area contributed by atoms with Gasteiger partial charge in [-0.1, -0.05) is 70.4 Å². The lowest BCUT2D eigenvalue weighted by Gasteiger charge is -2.28. The number of unbranched alkanes of at least 4 members (excludes halogenated alkanes) is 11. The second-order valence-corrected chi connectivity index (χ2v) is 7.64. The zero-order valence-corrected chi connectivity index (χ0v) is 17.4. The van der Waals surface area contributed by atoms with Crippen LogP contribution < -0.4 is 5.32 Å². The fourth-order valence-electron chi connectivity index (χ4n) is 2.98. The molecule has 0 bridgehead atoms. The molecule has 5 heteroatoms. The van der Waals surface area contributed by atoms with Gasteiger partial charge >= 0.3 is 0 Å². The third-order valence-corrected chi connectivity index (χ3v) is 4.98. The highest BCUT2D eigenvalue weighted by atomic mass is 16.3. The van der Waals surface area contributed by atoms with E-state index in [0.717, 1.165) is 25.7 Å². The van der Waals surface area contributed by atoms with Gasteiger partial charge in [0, 0.05) is 6.42 Å². The summed E-state index contributed by atoms with van der Waals surface area (Å²) >= 11 is 0. The highest BCUT2D eigenvalue weighted by Gasteiger charge is 2.29. The molecule has 0 aliphatic rings. The van der Waals surface area contributed by atoms with E-state index in [4.69, 9.17) is 0 Å². The molecule has 0 aromatic heterocycles. The molecule has 0 unspecified atom stereocenters.